The van der Waals surface area contributed by atoms with Gasteiger partial charge in [0.1, 0.15) is 17.8 Å². The molecule has 0 saturated carbocycles. The van der Waals surface area contributed by atoms with E-state index in [9.17, 15) is 0 Å². The van der Waals surface area contributed by atoms with Crippen LogP contribution in [0.15, 0.2) is 27.1 Å². The Balaban J connectivity index is 1.26. The highest BCUT2D eigenvalue weighted by atomic mass is 32.3. The zero-order valence-corrected chi connectivity index (χ0v) is 16.0. The van der Waals surface area contributed by atoms with E-state index in [1.807, 2.05) is 47.0 Å². The van der Waals surface area contributed by atoms with E-state index in [4.69, 9.17) is 18.9 Å². The molecule has 5 rings (SSSR count). The molecule has 5 heterocycles. The number of rotatable bonds is 1. The molecular formula is C12H10O4S6. The van der Waals surface area contributed by atoms with Crippen molar-refractivity contribution in [3.8, 4) is 0 Å². The fourth-order valence-electron chi connectivity index (χ4n) is 2.18. The molecule has 1 fully saturated rings. The van der Waals surface area contributed by atoms with Crippen molar-refractivity contribution in [2.24, 2.45) is 0 Å². The molecular weight excluding hydrogens is 401 g/mol. The lowest BCUT2D eigenvalue weighted by Gasteiger charge is -2.16. The second kappa shape index (κ2) is 6.29. The fourth-order valence-corrected chi connectivity index (χ4v) is 11.6. The second-order valence-corrected chi connectivity index (χ2v) is 12.2. The number of ether oxygens (including phenoxy) is 4. The Kier molecular flexibility index (Phi) is 4.32. The van der Waals surface area contributed by atoms with Crippen molar-refractivity contribution in [2.75, 3.05) is 26.4 Å². The standard InChI is InChI=1S/C12H10O4S6/c1-2-14-5(13-1)8-19-11-12(20-8)22-10(21-11)9-17-6-7(18-9)16-4-3-15-6/h5,8H,1-4H2. The van der Waals surface area contributed by atoms with Gasteiger partial charge in [0.15, 0.2) is 6.29 Å². The van der Waals surface area contributed by atoms with E-state index in [2.05, 4.69) is 0 Å². The minimum absolute atomic E-state index is 0.0658. The number of thioether (sulfide) groups is 6. The summed E-state index contributed by atoms with van der Waals surface area (Å²) in [5, 5.41) is 1.86. The van der Waals surface area contributed by atoms with Crippen LogP contribution >= 0.6 is 70.6 Å². The molecule has 22 heavy (non-hydrogen) atoms. The Bertz CT molecular complexity index is 569. The Labute approximate surface area is 153 Å². The first-order chi connectivity index (χ1) is 10.9. The van der Waals surface area contributed by atoms with Gasteiger partial charge in [-0.25, -0.2) is 0 Å². The molecule has 1 saturated heterocycles. The summed E-state index contributed by atoms with van der Waals surface area (Å²) in [6.07, 6.45) is -0.0658. The third-order valence-electron chi connectivity index (χ3n) is 3.11. The van der Waals surface area contributed by atoms with Crippen molar-refractivity contribution in [1.82, 2.24) is 0 Å². The van der Waals surface area contributed by atoms with Crippen LogP contribution in [0.5, 0.6) is 0 Å². The Morgan fingerprint density at radius 1 is 0.636 bits per heavy atom. The van der Waals surface area contributed by atoms with Crippen molar-refractivity contribution < 1.29 is 18.9 Å². The molecule has 5 aliphatic rings. The molecule has 0 spiro atoms. The van der Waals surface area contributed by atoms with Crippen molar-refractivity contribution in [3.63, 3.8) is 0 Å². The summed E-state index contributed by atoms with van der Waals surface area (Å²) in [5.41, 5.74) is 0. The lowest BCUT2D eigenvalue weighted by atomic mass is 10.7. The second-order valence-electron chi connectivity index (χ2n) is 4.54. The largest absolute Gasteiger partial charge is 0.480 e. The van der Waals surface area contributed by atoms with Gasteiger partial charge in [-0.15, -0.1) is 0 Å². The van der Waals surface area contributed by atoms with Gasteiger partial charge in [-0.05, 0) is 23.5 Å². The minimum Gasteiger partial charge on any atom is -0.480 e. The van der Waals surface area contributed by atoms with Crippen molar-refractivity contribution in [1.29, 1.82) is 0 Å². The van der Waals surface area contributed by atoms with Crippen LogP contribution in [0.4, 0.5) is 0 Å². The fraction of sp³-hybridized carbons (Fsp3) is 0.500. The molecule has 0 aromatic carbocycles. The summed E-state index contributed by atoms with van der Waals surface area (Å²) >= 11 is 10.9. The number of hydrogen-bond donors (Lipinski definition) is 0. The van der Waals surface area contributed by atoms with Crippen LogP contribution in [-0.4, -0.2) is 37.3 Å². The molecule has 0 amide bonds. The molecule has 0 radical (unpaired) electrons. The summed E-state index contributed by atoms with van der Waals surface area (Å²) in [6.45, 7) is 2.73. The van der Waals surface area contributed by atoms with Crippen LogP contribution in [0.3, 0.4) is 0 Å². The SMILES string of the molecule is C1COC2=C(O1)SC(=C1SC3=C(S1)SC(C1OCCO1)S3)S2. The highest BCUT2D eigenvalue weighted by Gasteiger charge is 2.41. The Morgan fingerprint density at radius 3 is 1.77 bits per heavy atom. The van der Waals surface area contributed by atoms with Crippen LogP contribution in [0.25, 0.3) is 0 Å². The Hall–Kier alpha value is 0.840. The van der Waals surface area contributed by atoms with Gasteiger partial charge in [0.2, 0.25) is 10.2 Å². The monoisotopic (exact) mass is 410 g/mol. The van der Waals surface area contributed by atoms with Gasteiger partial charge in [0.25, 0.3) is 0 Å². The quantitative estimate of drug-likeness (QED) is 0.614. The summed E-state index contributed by atoms with van der Waals surface area (Å²) in [7, 11) is 0. The van der Waals surface area contributed by atoms with Crippen LogP contribution < -0.4 is 0 Å². The first-order valence-electron chi connectivity index (χ1n) is 6.63. The average molecular weight is 411 g/mol. The zero-order valence-electron chi connectivity index (χ0n) is 11.1. The lowest BCUT2D eigenvalue weighted by Crippen LogP contribution is -2.19. The van der Waals surface area contributed by atoms with Gasteiger partial charge >= 0.3 is 0 Å². The maximum atomic E-state index is 5.66. The van der Waals surface area contributed by atoms with Gasteiger partial charge < -0.3 is 18.9 Å². The topological polar surface area (TPSA) is 36.9 Å². The van der Waals surface area contributed by atoms with Crippen molar-refractivity contribution in [2.45, 2.75) is 10.9 Å². The molecule has 0 aliphatic carbocycles. The maximum absolute atomic E-state index is 5.66. The first kappa shape index (κ1) is 15.1. The van der Waals surface area contributed by atoms with E-state index in [0.29, 0.717) is 31.0 Å². The highest BCUT2D eigenvalue weighted by molar-refractivity contribution is 8.47. The van der Waals surface area contributed by atoms with Crippen LogP contribution in [0.1, 0.15) is 0 Å². The summed E-state index contributed by atoms with van der Waals surface area (Å²) in [5.74, 6) is 0. The third-order valence-corrected chi connectivity index (χ3v) is 12.0. The Morgan fingerprint density at radius 2 is 1.18 bits per heavy atom. The van der Waals surface area contributed by atoms with Crippen LogP contribution in [0, 0.1) is 0 Å². The highest BCUT2D eigenvalue weighted by Crippen LogP contribution is 2.69. The summed E-state index contributed by atoms with van der Waals surface area (Å²) in [4.78, 5) is 0. The van der Waals surface area contributed by atoms with E-state index >= 15 is 0 Å². The molecule has 0 atom stereocenters. The maximum Gasteiger partial charge on any atom is 0.208 e. The van der Waals surface area contributed by atoms with Gasteiger partial charge in [0.05, 0.1) is 30.2 Å². The van der Waals surface area contributed by atoms with Gasteiger partial charge in [-0.1, -0.05) is 47.0 Å². The zero-order chi connectivity index (χ0) is 14.5. The minimum atomic E-state index is -0.0658. The molecule has 0 N–H and O–H groups in total. The molecule has 0 aromatic rings. The molecule has 0 aromatic heterocycles. The molecule has 0 bridgehead atoms. The van der Waals surface area contributed by atoms with Crippen LogP contribution in [-0.2, 0) is 18.9 Å². The normalized spacial score (nSPS) is 29.3. The van der Waals surface area contributed by atoms with E-state index in [1.54, 1.807) is 23.5 Å². The molecule has 0 unspecified atom stereocenters. The van der Waals surface area contributed by atoms with E-state index < -0.39 is 0 Å². The predicted octanol–water partition coefficient (Wildman–Crippen LogP) is 4.55. The van der Waals surface area contributed by atoms with E-state index in [1.165, 1.54) is 16.9 Å². The van der Waals surface area contributed by atoms with Gasteiger partial charge in [-0.3, -0.25) is 0 Å². The molecule has 118 valence electrons. The predicted molar refractivity (Wildman–Crippen MR) is 98.0 cm³/mol. The van der Waals surface area contributed by atoms with Gasteiger partial charge in [0, 0.05) is 0 Å². The van der Waals surface area contributed by atoms with E-state index in [0.717, 1.165) is 10.2 Å². The molecule has 5 aliphatic heterocycles. The summed E-state index contributed by atoms with van der Waals surface area (Å²) in [6, 6.07) is 0. The van der Waals surface area contributed by atoms with Crippen molar-refractivity contribution >= 4 is 70.6 Å². The van der Waals surface area contributed by atoms with E-state index in [-0.39, 0.29) is 6.29 Å². The smallest absolute Gasteiger partial charge is 0.208 e. The third kappa shape index (κ3) is 2.73. The average Bonchev–Trinajstić information content (AvgIpc) is 3.27. The molecule has 4 nitrogen and oxygen atoms in total. The van der Waals surface area contributed by atoms with Crippen LogP contribution in [0.2, 0.25) is 0 Å². The lowest BCUT2D eigenvalue weighted by molar-refractivity contribution is -0.0271. The number of hydrogen-bond acceptors (Lipinski definition) is 10. The first-order valence-corrected chi connectivity index (χ1v) is 11.7. The molecule has 10 heteroatoms. The van der Waals surface area contributed by atoms with Gasteiger partial charge in [-0.2, -0.15) is 0 Å². The summed E-state index contributed by atoms with van der Waals surface area (Å²) < 4.78 is 28.3. The van der Waals surface area contributed by atoms with Crippen molar-refractivity contribution in [3.05, 3.63) is 27.1 Å².